The van der Waals surface area contributed by atoms with Crippen molar-refractivity contribution < 1.29 is 24.2 Å². The molecule has 3 rings (SSSR count). The Morgan fingerprint density at radius 3 is 2.89 bits per heavy atom. The highest BCUT2D eigenvalue weighted by molar-refractivity contribution is 8.01. The van der Waals surface area contributed by atoms with E-state index in [1.807, 2.05) is 12.2 Å². The highest BCUT2D eigenvalue weighted by Gasteiger charge is 2.24. The van der Waals surface area contributed by atoms with Gasteiger partial charge in [-0.1, -0.05) is 47.1 Å². The Labute approximate surface area is 221 Å². The molecule has 0 spiro atoms. The standard InChI is InChI=1S/C21H27Cl2N5O5S2/c22-14-2-1-12(5-15(14)23)7-28-3-4-33-13(8-28)6-25-18(30)11-35-21-27-17(10-34-21)20(32)26-16(9-29)19(24)31/h2,5,10,12-13,16,29H,1,3-4,6-9,11H2,(H2,24,31)(H,25,30)(H,26,32)/t12?,13-,16-/m0/s1. The molecule has 1 aliphatic heterocycles. The first-order valence-corrected chi connectivity index (χ1v) is 13.5. The van der Waals surface area contributed by atoms with Gasteiger partial charge in [-0.25, -0.2) is 4.98 Å². The van der Waals surface area contributed by atoms with E-state index in [1.165, 1.54) is 28.5 Å². The van der Waals surface area contributed by atoms with E-state index in [-0.39, 0.29) is 23.5 Å². The van der Waals surface area contributed by atoms with Crippen molar-refractivity contribution in [2.24, 2.45) is 11.7 Å². The molecule has 1 saturated heterocycles. The summed E-state index contributed by atoms with van der Waals surface area (Å²) in [7, 11) is 0. The van der Waals surface area contributed by atoms with E-state index in [0.717, 1.165) is 19.5 Å². The van der Waals surface area contributed by atoms with Gasteiger partial charge in [-0.05, 0) is 12.3 Å². The number of aromatic nitrogens is 1. The first-order chi connectivity index (χ1) is 16.7. The van der Waals surface area contributed by atoms with Gasteiger partial charge in [-0.3, -0.25) is 19.3 Å². The predicted molar refractivity (Wildman–Crippen MR) is 136 cm³/mol. The van der Waals surface area contributed by atoms with E-state index < -0.39 is 24.5 Å². The number of allylic oxidation sites excluding steroid dienone is 3. The molecule has 1 unspecified atom stereocenters. The Morgan fingerprint density at radius 2 is 2.17 bits per heavy atom. The maximum Gasteiger partial charge on any atom is 0.271 e. The van der Waals surface area contributed by atoms with Crippen molar-refractivity contribution in [2.75, 3.05) is 45.1 Å². The number of ether oxygens (including phenoxy) is 1. The van der Waals surface area contributed by atoms with Crippen molar-refractivity contribution >= 4 is 64.0 Å². The first-order valence-electron chi connectivity index (χ1n) is 10.9. The van der Waals surface area contributed by atoms with Gasteiger partial charge in [0, 0.05) is 31.6 Å². The molecule has 2 heterocycles. The van der Waals surface area contributed by atoms with Crippen molar-refractivity contribution in [3.05, 3.63) is 33.3 Å². The number of primary amides is 1. The number of hydrogen-bond donors (Lipinski definition) is 4. The zero-order chi connectivity index (χ0) is 25.4. The number of nitrogens with two attached hydrogens (primary N) is 1. The Balaban J connectivity index is 1.37. The molecule has 3 amide bonds. The molecular weight excluding hydrogens is 537 g/mol. The van der Waals surface area contributed by atoms with Crippen molar-refractivity contribution in [1.29, 1.82) is 0 Å². The lowest BCUT2D eigenvalue weighted by molar-refractivity contribution is -0.121. The highest BCUT2D eigenvalue weighted by Crippen LogP contribution is 2.29. The number of hydrogen-bond acceptors (Lipinski definition) is 9. The molecule has 1 aromatic heterocycles. The van der Waals surface area contributed by atoms with Crippen molar-refractivity contribution in [1.82, 2.24) is 20.5 Å². The van der Waals surface area contributed by atoms with Crippen LogP contribution in [0.4, 0.5) is 0 Å². The zero-order valence-electron chi connectivity index (χ0n) is 18.7. The van der Waals surface area contributed by atoms with Gasteiger partial charge >= 0.3 is 0 Å². The van der Waals surface area contributed by atoms with E-state index in [4.69, 9.17) is 38.8 Å². The second-order valence-electron chi connectivity index (χ2n) is 8.02. The SMILES string of the molecule is NC(=O)[C@H](CO)NC(=O)c1csc(SCC(=O)NC[C@H]2CN(CC3C=C(Cl)C(Cl)=CC3)CCO2)n1. The predicted octanol–water partition coefficient (Wildman–Crippen LogP) is 0.893. The van der Waals surface area contributed by atoms with Gasteiger partial charge < -0.3 is 26.2 Å². The topological polar surface area (TPSA) is 147 Å². The monoisotopic (exact) mass is 563 g/mol. The minimum absolute atomic E-state index is 0.0835. The fourth-order valence-electron chi connectivity index (χ4n) is 3.51. The summed E-state index contributed by atoms with van der Waals surface area (Å²) in [6, 6.07) is -1.18. The number of aliphatic hydroxyl groups excluding tert-OH is 1. The number of nitrogens with one attached hydrogen (secondary N) is 2. The number of carbonyl (C=O) groups is 3. The molecular formula is C21H27Cl2N5O5S2. The molecule has 0 radical (unpaired) electrons. The second kappa shape index (κ2) is 13.6. The summed E-state index contributed by atoms with van der Waals surface area (Å²) in [5, 5.41) is 17.0. The minimum Gasteiger partial charge on any atom is -0.394 e. The summed E-state index contributed by atoms with van der Waals surface area (Å²) in [6.45, 7) is 2.75. The van der Waals surface area contributed by atoms with Crippen LogP contribution in [0.5, 0.6) is 0 Å². The van der Waals surface area contributed by atoms with Crippen LogP contribution >= 0.6 is 46.3 Å². The lowest BCUT2D eigenvalue weighted by atomic mass is 9.99. The van der Waals surface area contributed by atoms with E-state index in [1.54, 1.807) is 0 Å². The average Bonchev–Trinajstić information content (AvgIpc) is 3.31. The molecule has 192 valence electrons. The fraction of sp³-hybridized carbons (Fsp3) is 0.524. The molecule has 1 fully saturated rings. The molecule has 14 heteroatoms. The Hall–Kier alpha value is -1.67. The van der Waals surface area contributed by atoms with Crippen LogP contribution in [0.3, 0.4) is 0 Å². The number of thioether (sulfide) groups is 1. The van der Waals surface area contributed by atoms with Gasteiger partial charge in [0.15, 0.2) is 4.34 Å². The number of aliphatic hydroxyl groups is 1. The van der Waals surface area contributed by atoms with Gasteiger partial charge in [-0.2, -0.15) is 0 Å². The van der Waals surface area contributed by atoms with Crippen molar-refractivity contribution in [3.63, 3.8) is 0 Å². The van der Waals surface area contributed by atoms with Gasteiger partial charge in [0.1, 0.15) is 11.7 Å². The maximum atomic E-state index is 12.3. The van der Waals surface area contributed by atoms with E-state index in [2.05, 4.69) is 20.5 Å². The number of morpholine rings is 1. The summed E-state index contributed by atoms with van der Waals surface area (Å²) in [5.74, 6) is -1.22. The van der Waals surface area contributed by atoms with E-state index in [9.17, 15) is 14.4 Å². The number of carbonyl (C=O) groups excluding carboxylic acids is 3. The van der Waals surface area contributed by atoms with Crippen molar-refractivity contribution in [3.8, 4) is 0 Å². The third-order valence-electron chi connectivity index (χ3n) is 5.33. The largest absolute Gasteiger partial charge is 0.394 e. The van der Waals surface area contributed by atoms with Gasteiger partial charge in [0.25, 0.3) is 5.91 Å². The van der Waals surface area contributed by atoms with Crippen LogP contribution in [0.15, 0.2) is 31.9 Å². The van der Waals surface area contributed by atoms with Crippen LogP contribution in [0, 0.1) is 5.92 Å². The summed E-state index contributed by atoms with van der Waals surface area (Å²) < 4.78 is 6.32. The molecule has 5 N–H and O–H groups in total. The Kier molecular flexibility index (Phi) is 10.8. The molecule has 3 atom stereocenters. The molecule has 35 heavy (non-hydrogen) atoms. The number of halogens is 2. The summed E-state index contributed by atoms with van der Waals surface area (Å²) in [4.78, 5) is 42.0. The fourth-order valence-corrected chi connectivity index (χ4v) is 5.55. The van der Waals surface area contributed by atoms with Gasteiger partial charge in [0.2, 0.25) is 11.8 Å². The number of amides is 3. The maximum absolute atomic E-state index is 12.3. The summed E-state index contributed by atoms with van der Waals surface area (Å²) >= 11 is 14.6. The number of nitrogens with zero attached hydrogens (tertiary/aromatic N) is 2. The molecule has 1 aromatic rings. The van der Waals surface area contributed by atoms with Gasteiger partial charge in [0.05, 0.1) is 35.1 Å². The number of rotatable bonds is 11. The molecule has 0 aromatic carbocycles. The summed E-state index contributed by atoms with van der Waals surface area (Å²) in [6.07, 6.45) is 4.66. The van der Waals surface area contributed by atoms with Crippen molar-refractivity contribution in [2.45, 2.75) is 22.9 Å². The Bertz CT molecular complexity index is 989. The third kappa shape index (κ3) is 8.74. The lowest BCUT2D eigenvalue weighted by Crippen LogP contribution is -2.48. The van der Waals surface area contributed by atoms with Gasteiger partial charge in [-0.15, -0.1) is 11.3 Å². The van der Waals surface area contributed by atoms with Crippen LogP contribution in [0.25, 0.3) is 0 Å². The smallest absolute Gasteiger partial charge is 0.271 e. The van der Waals surface area contributed by atoms with Crippen LogP contribution in [0.2, 0.25) is 0 Å². The first kappa shape index (κ1) is 27.9. The van der Waals surface area contributed by atoms with E-state index >= 15 is 0 Å². The van der Waals surface area contributed by atoms with E-state index in [0.29, 0.717) is 40.0 Å². The lowest BCUT2D eigenvalue weighted by Gasteiger charge is -2.35. The molecule has 10 nitrogen and oxygen atoms in total. The van der Waals surface area contributed by atoms with Crippen LogP contribution < -0.4 is 16.4 Å². The third-order valence-corrected chi connectivity index (χ3v) is 8.13. The molecule has 0 bridgehead atoms. The highest BCUT2D eigenvalue weighted by atomic mass is 35.5. The second-order valence-corrected chi connectivity index (χ2v) is 10.9. The quantitative estimate of drug-likeness (QED) is 0.290. The average molecular weight is 565 g/mol. The molecule has 1 aliphatic carbocycles. The zero-order valence-corrected chi connectivity index (χ0v) is 21.9. The van der Waals surface area contributed by atoms with Crippen LogP contribution in [-0.2, 0) is 14.3 Å². The van der Waals surface area contributed by atoms with Crippen LogP contribution in [0.1, 0.15) is 16.9 Å². The molecule has 2 aliphatic rings. The van der Waals surface area contributed by atoms with Crippen LogP contribution in [-0.4, -0.2) is 90.0 Å². The Morgan fingerprint density at radius 1 is 1.37 bits per heavy atom. The minimum atomic E-state index is -1.18. The number of thiazole rings is 1. The molecule has 0 saturated carbocycles. The summed E-state index contributed by atoms with van der Waals surface area (Å²) in [5.41, 5.74) is 5.18. The normalized spacial score (nSPS) is 21.6.